The summed E-state index contributed by atoms with van der Waals surface area (Å²) in [5.41, 5.74) is 14.9. The predicted octanol–water partition coefficient (Wildman–Crippen LogP) is 2.54. The molecule has 2 aromatic carbocycles. The van der Waals surface area contributed by atoms with E-state index in [1.807, 2.05) is 6.07 Å². The number of aromatic amines is 1. The summed E-state index contributed by atoms with van der Waals surface area (Å²) < 4.78 is 0.813. The number of hydrogen-bond donors (Lipinski definition) is 7. The van der Waals surface area contributed by atoms with E-state index >= 15 is 0 Å². The number of H-pyrrole nitrogens is 1. The Morgan fingerprint density at radius 3 is 2.57 bits per heavy atom. The fourth-order valence-corrected chi connectivity index (χ4v) is 5.59. The molecule has 0 spiro atoms. The van der Waals surface area contributed by atoms with Crippen molar-refractivity contribution >= 4 is 50.6 Å². The molecule has 3 aromatic rings. The molecule has 10 nitrogen and oxygen atoms in total. The maximum absolute atomic E-state index is 12.9. The van der Waals surface area contributed by atoms with Gasteiger partial charge in [-0.25, -0.2) is 4.79 Å². The van der Waals surface area contributed by atoms with E-state index in [0.29, 0.717) is 40.6 Å². The van der Waals surface area contributed by atoms with Gasteiger partial charge in [-0.3, -0.25) is 15.0 Å². The van der Waals surface area contributed by atoms with E-state index < -0.39 is 29.7 Å². The molecule has 0 saturated heterocycles. The van der Waals surface area contributed by atoms with Crippen LogP contribution in [0.2, 0.25) is 0 Å². The molecule has 1 heterocycles. The first-order valence-corrected chi connectivity index (χ1v) is 11.6. The van der Waals surface area contributed by atoms with Crippen molar-refractivity contribution in [3.05, 3.63) is 68.3 Å². The number of primary amides is 1. The van der Waals surface area contributed by atoms with Crippen molar-refractivity contribution in [3.63, 3.8) is 0 Å². The lowest BCUT2D eigenvalue weighted by molar-refractivity contribution is -0.136. The number of carboxylic acid groups (broad SMARTS) is 2. The van der Waals surface area contributed by atoms with Gasteiger partial charge in [-0.15, -0.1) is 0 Å². The summed E-state index contributed by atoms with van der Waals surface area (Å²) >= 11 is 3.46. The van der Waals surface area contributed by atoms with Crippen molar-refractivity contribution < 1.29 is 24.6 Å². The van der Waals surface area contributed by atoms with Gasteiger partial charge in [0.2, 0.25) is 5.91 Å². The zero-order chi connectivity index (χ0) is 25.4. The van der Waals surface area contributed by atoms with Crippen LogP contribution in [0.4, 0.5) is 0 Å². The number of aryl methyl sites for hydroxylation is 1. The Morgan fingerprint density at radius 2 is 1.94 bits per heavy atom. The Kier molecular flexibility index (Phi) is 6.53. The minimum absolute atomic E-state index is 0.00244. The third-order valence-corrected chi connectivity index (χ3v) is 6.83. The number of nitrogens with two attached hydrogens (primary N) is 2. The van der Waals surface area contributed by atoms with Gasteiger partial charge in [0.15, 0.2) is 5.96 Å². The molecule has 1 aromatic heterocycles. The van der Waals surface area contributed by atoms with Gasteiger partial charge in [0.05, 0.1) is 12.3 Å². The number of aromatic carboxylic acids is 1. The van der Waals surface area contributed by atoms with Crippen LogP contribution in [0.25, 0.3) is 10.9 Å². The second kappa shape index (κ2) is 9.41. The maximum Gasteiger partial charge on any atom is 0.352 e. The second-order valence-electron chi connectivity index (χ2n) is 8.60. The fourth-order valence-electron chi connectivity index (χ4n) is 5.09. The maximum atomic E-state index is 12.9. The average Bonchev–Trinajstić information content (AvgIpc) is 3.15. The van der Waals surface area contributed by atoms with E-state index in [0.717, 1.165) is 15.4 Å². The molecule has 182 valence electrons. The highest BCUT2D eigenvalue weighted by Gasteiger charge is 2.38. The number of aliphatic carboxylic acids is 1. The topological polar surface area (TPSA) is 195 Å². The van der Waals surface area contributed by atoms with Crippen molar-refractivity contribution in [1.82, 2.24) is 10.3 Å². The highest BCUT2D eigenvalue weighted by Crippen LogP contribution is 2.47. The molecule has 0 radical (unpaired) electrons. The van der Waals surface area contributed by atoms with Crippen LogP contribution >= 0.6 is 15.9 Å². The number of carbonyl (C=O) groups excluding carboxylic acids is 1. The Balaban J connectivity index is 1.88. The first kappa shape index (κ1) is 24.3. The lowest BCUT2D eigenvalue weighted by atomic mass is 9.72. The molecule has 0 fully saturated rings. The third-order valence-electron chi connectivity index (χ3n) is 6.37. The smallest absolute Gasteiger partial charge is 0.352 e. The van der Waals surface area contributed by atoms with Crippen molar-refractivity contribution in [3.8, 4) is 0 Å². The van der Waals surface area contributed by atoms with E-state index in [9.17, 15) is 24.6 Å². The number of hydrogen-bond acceptors (Lipinski definition) is 4. The van der Waals surface area contributed by atoms with Crippen molar-refractivity contribution in [2.24, 2.45) is 11.5 Å². The molecular weight excluding hydrogens is 518 g/mol. The molecule has 0 bridgehead atoms. The fraction of sp³-hybridized carbons (Fsp3) is 0.250. The van der Waals surface area contributed by atoms with Crippen LogP contribution in [0.15, 0.2) is 34.8 Å². The van der Waals surface area contributed by atoms with Gasteiger partial charge < -0.3 is 32.0 Å². The number of guanidine groups is 1. The number of aromatic nitrogens is 1. The minimum atomic E-state index is -1.15. The summed E-state index contributed by atoms with van der Waals surface area (Å²) in [6.07, 6.45) is 0.714. The quantitative estimate of drug-likeness (QED) is 0.168. The normalized spacial score (nSPS) is 15.5. The van der Waals surface area contributed by atoms with E-state index in [-0.39, 0.29) is 24.6 Å². The molecular formula is C24H24BrN5O5. The first-order valence-electron chi connectivity index (χ1n) is 10.8. The largest absolute Gasteiger partial charge is 0.481 e. The monoisotopic (exact) mass is 541 g/mol. The average molecular weight is 542 g/mol. The molecule has 2 unspecified atom stereocenters. The molecule has 1 aliphatic carbocycles. The van der Waals surface area contributed by atoms with Crippen LogP contribution in [0.5, 0.6) is 0 Å². The molecule has 2 atom stereocenters. The summed E-state index contributed by atoms with van der Waals surface area (Å²) in [4.78, 5) is 39.7. The number of rotatable bonds is 8. The number of halogens is 1. The number of amides is 1. The molecule has 1 aliphatic rings. The van der Waals surface area contributed by atoms with Crippen LogP contribution in [0, 0.1) is 5.41 Å². The van der Waals surface area contributed by atoms with Crippen molar-refractivity contribution in [1.29, 1.82) is 5.41 Å². The van der Waals surface area contributed by atoms with Crippen molar-refractivity contribution in [2.75, 3.05) is 0 Å². The summed E-state index contributed by atoms with van der Waals surface area (Å²) in [7, 11) is 0. The van der Waals surface area contributed by atoms with E-state index in [4.69, 9.17) is 16.9 Å². The highest BCUT2D eigenvalue weighted by molar-refractivity contribution is 9.10. The zero-order valence-electron chi connectivity index (χ0n) is 18.5. The number of carbonyl (C=O) groups is 3. The van der Waals surface area contributed by atoms with Crippen LogP contribution in [-0.4, -0.2) is 39.0 Å². The van der Waals surface area contributed by atoms with Crippen LogP contribution in [0.1, 0.15) is 56.6 Å². The number of carboxylic acids is 2. The lowest BCUT2D eigenvalue weighted by Crippen LogP contribution is -2.31. The standard InChI is InChI=1S/C24H24BrN5O5/c25-13-6-11-2-4-15(20-18(11)16(8-13)30-21(20)23(34)35)19(22(26)33)14-3-1-10(9-29-24(27)28)5-12(14)7-17(31)32/h1,3,5-6,8,15,19,30H,2,4,7,9H2,(H2,26,33)(H,31,32)(H,34,35)(H4,27,28,29). The van der Waals surface area contributed by atoms with E-state index in [1.54, 1.807) is 24.3 Å². The first-order chi connectivity index (χ1) is 16.6. The van der Waals surface area contributed by atoms with Gasteiger partial charge in [-0.2, -0.15) is 0 Å². The van der Waals surface area contributed by atoms with Gasteiger partial charge in [0.1, 0.15) is 5.69 Å². The van der Waals surface area contributed by atoms with Crippen LogP contribution < -0.4 is 16.8 Å². The summed E-state index contributed by atoms with van der Waals surface area (Å²) in [5.74, 6) is -4.62. The zero-order valence-corrected chi connectivity index (χ0v) is 20.1. The molecule has 0 aliphatic heterocycles. The molecule has 35 heavy (non-hydrogen) atoms. The highest BCUT2D eigenvalue weighted by atomic mass is 79.9. The Bertz CT molecular complexity index is 1380. The molecule has 1 amide bonds. The second-order valence-corrected chi connectivity index (χ2v) is 9.52. The molecule has 9 N–H and O–H groups in total. The van der Waals surface area contributed by atoms with Gasteiger partial charge in [0.25, 0.3) is 0 Å². The lowest BCUT2D eigenvalue weighted by Gasteiger charge is -2.31. The molecule has 11 heteroatoms. The molecule has 0 saturated carbocycles. The van der Waals surface area contributed by atoms with Gasteiger partial charge >= 0.3 is 11.9 Å². The minimum Gasteiger partial charge on any atom is -0.481 e. The van der Waals surface area contributed by atoms with Gasteiger partial charge in [-0.05, 0) is 52.8 Å². The summed E-state index contributed by atoms with van der Waals surface area (Å²) in [5, 5.41) is 30.2. The van der Waals surface area contributed by atoms with Gasteiger partial charge in [0, 0.05) is 27.8 Å². The van der Waals surface area contributed by atoms with Crippen LogP contribution in [0.3, 0.4) is 0 Å². The predicted molar refractivity (Wildman–Crippen MR) is 132 cm³/mol. The SMILES string of the molecule is N=C(N)NCc1ccc(C(C(N)=O)C2CCc3cc(Br)cc4[nH]c(C(=O)O)c2c34)c(CC(=O)O)c1. The third kappa shape index (κ3) is 4.72. The van der Waals surface area contributed by atoms with Crippen LogP contribution in [-0.2, 0) is 29.0 Å². The number of nitrogens with one attached hydrogen (secondary N) is 3. The Labute approximate surface area is 208 Å². The summed E-state index contributed by atoms with van der Waals surface area (Å²) in [6.45, 7) is 0.205. The van der Waals surface area contributed by atoms with E-state index in [1.165, 1.54) is 0 Å². The summed E-state index contributed by atoms with van der Waals surface area (Å²) in [6, 6.07) is 8.75. The Morgan fingerprint density at radius 1 is 1.20 bits per heavy atom. The Hall–Kier alpha value is -3.86. The van der Waals surface area contributed by atoms with Gasteiger partial charge in [-0.1, -0.05) is 34.1 Å². The van der Waals surface area contributed by atoms with E-state index in [2.05, 4.69) is 26.2 Å². The van der Waals surface area contributed by atoms with Crippen molar-refractivity contribution in [2.45, 2.75) is 37.6 Å². The molecule has 4 rings (SSSR count). The number of benzene rings is 2.